The van der Waals surface area contributed by atoms with Crippen molar-refractivity contribution in [3.8, 4) is 0 Å². The molecule has 0 unspecified atom stereocenters. The molecule has 4 nitrogen and oxygen atoms in total. The van der Waals surface area contributed by atoms with E-state index in [-0.39, 0.29) is 5.84 Å². The zero-order valence-corrected chi connectivity index (χ0v) is 12.8. The summed E-state index contributed by atoms with van der Waals surface area (Å²) in [7, 11) is 4.31. The first-order valence-electron chi connectivity index (χ1n) is 7.32. The smallest absolute Gasteiger partial charge is 0.124 e. The van der Waals surface area contributed by atoms with Crippen LogP contribution in [0.1, 0.15) is 24.0 Å². The molecule has 1 aliphatic rings. The van der Waals surface area contributed by atoms with E-state index in [0.29, 0.717) is 0 Å². The number of nitrogens with one attached hydrogen (secondary N) is 1. The van der Waals surface area contributed by atoms with E-state index < -0.39 is 0 Å². The lowest BCUT2D eigenvalue weighted by atomic mass is 9.95. The van der Waals surface area contributed by atoms with Crippen LogP contribution >= 0.6 is 0 Å². The third kappa shape index (κ3) is 3.31. The number of benzene rings is 1. The summed E-state index contributed by atoms with van der Waals surface area (Å²) < 4.78 is 0. The minimum absolute atomic E-state index is 0.152. The van der Waals surface area contributed by atoms with Gasteiger partial charge in [-0.05, 0) is 57.5 Å². The Balaban J connectivity index is 2.13. The quantitative estimate of drug-likeness (QED) is 0.652. The molecular weight excluding hydrogens is 248 g/mol. The number of likely N-dealkylation sites (tertiary alicyclic amines) is 1. The van der Waals surface area contributed by atoms with Gasteiger partial charge < -0.3 is 15.5 Å². The molecule has 3 N–H and O–H groups in total. The molecule has 1 aromatic rings. The van der Waals surface area contributed by atoms with Crippen LogP contribution in [-0.4, -0.2) is 44.5 Å². The van der Waals surface area contributed by atoms with Gasteiger partial charge >= 0.3 is 0 Å². The van der Waals surface area contributed by atoms with Gasteiger partial charge in [-0.2, -0.15) is 0 Å². The maximum atomic E-state index is 7.76. The Kier molecular flexibility index (Phi) is 4.65. The molecule has 1 heterocycles. The second-order valence-corrected chi connectivity index (χ2v) is 6.01. The van der Waals surface area contributed by atoms with Gasteiger partial charge in [0.25, 0.3) is 0 Å². The van der Waals surface area contributed by atoms with E-state index in [2.05, 4.69) is 36.9 Å². The zero-order chi connectivity index (χ0) is 14.7. The molecule has 0 saturated carbocycles. The van der Waals surface area contributed by atoms with Crippen LogP contribution < -0.4 is 10.6 Å². The third-order valence-corrected chi connectivity index (χ3v) is 4.28. The molecule has 0 radical (unpaired) electrons. The SMILES string of the molecule is Cc1cccc(C(=N)N)c1N(C)CC1CCN(C)CC1. The lowest BCUT2D eigenvalue weighted by Gasteiger charge is -2.33. The van der Waals surface area contributed by atoms with E-state index in [9.17, 15) is 0 Å². The van der Waals surface area contributed by atoms with Gasteiger partial charge in [-0.15, -0.1) is 0 Å². The maximum absolute atomic E-state index is 7.76. The zero-order valence-electron chi connectivity index (χ0n) is 12.8. The molecule has 0 aliphatic carbocycles. The highest BCUT2D eigenvalue weighted by Crippen LogP contribution is 2.26. The molecule has 0 bridgehead atoms. The Labute approximate surface area is 122 Å². The molecule has 1 aliphatic heterocycles. The summed E-state index contributed by atoms with van der Waals surface area (Å²) in [4.78, 5) is 4.67. The number of hydrogen-bond acceptors (Lipinski definition) is 3. The van der Waals surface area contributed by atoms with Gasteiger partial charge in [0.2, 0.25) is 0 Å². The monoisotopic (exact) mass is 274 g/mol. The van der Waals surface area contributed by atoms with Crippen LogP contribution in [0.15, 0.2) is 18.2 Å². The molecule has 0 amide bonds. The van der Waals surface area contributed by atoms with Gasteiger partial charge in [-0.3, -0.25) is 5.41 Å². The Hall–Kier alpha value is -1.55. The Bertz CT molecular complexity index is 475. The molecule has 1 fully saturated rings. The maximum Gasteiger partial charge on any atom is 0.124 e. The summed E-state index contributed by atoms with van der Waals surface area (Å²) in [6, 6.07) is 6.00. The molecule has 1 aromatic carbocycles. The number of rotatable bonds is 4. The summed E-state index contributed by atoms with van der Waals surface area (Å²) in [6.07, 6.45) is 2.50. The van der Waals surface area contributed by atoms with Crippen LogP contribution in [-0.2, 0) is 0 Å². The van der Waals surface area contributed by atoms with Crippen molar-refractivity contribution in [3.63, 3.8) is 0 Å². The molecular formula is C16H26N4. The highest BCUT2D eigenvalue weighted by Gasteiger charge is 2.20. The fourth-order valence-corrected chi connectivity index (χ4v) is 3.11. The fourth-order valence-electron chi connectivity index (χ4n) is 3.11. The largest absolute Gasteiger partial charge is 0.384 e. The normalized spacial score (nSPS) is 17.1. The number of nitrogens with zero attached hydrogens (tertiary/aromatic N) is 2. The Morgan fingerprint density at radius 1 is 1.40 bits per heavy atom. The van der Waals surface area contributed by atoms with Crippen molar-refractivity contribution < 1.29 is 0 Å². The van der Waals surface area contributed by atoms with Crippen molar-refractivity contribution in [2.45, 2.75) is 19.8 Å². The predicted molar refractivity (Wildman–Crippen MR) is 85.7 cm³/mol. The molecule has 4 heteroatoms. The molecule has 110 valence electrons. The van der Waals surface area contributed by atoms with Gasteiger partial charge in [-0.1, -0.05) is 12.1 Å². The van der Waals surface area contributed by atoms with E-state index in [1.165, 1.54) is 31.5 Å². The van der Waals surface area contributed by atoms with Crippen LogP contribution in [0.25, 0.3) is 0 Å². The first-order valence-corrected chi connectivity index (χ1v) is 7.32. The number of piperidine rings is 1. The van der Waals surface area contributed by atoms with E-state index in [1.807, 2.05) is 12.1 Å². The summed E-state index contributed by atoms with van der Waals surface area (Å²) in [5.74, 6) is 0.884. The summed E-state index contributed by atoms with van der Waals surface area (Å²) in [6.45, 7) is 5.50. The molecule has 0 aromatic heterocycles. The average molecular weight is 274 g/mol. The first kappa shape index (κ1) is 14.9. The van der Waals surface area contributed by atoms with Crippen molar-refractivity contribution in [2.24, 2.45) is 11.7 Å². The van der Waals surface area contributed by atoms with E-state index in [1.54, 1.807) is 0 Å². The number of hydrogen-bond donors (Lipinski definition) is 2. The number of nitrogen functional groups attached to an aromatic ring is 1. The second-order valence-electron chi connectivity index (χ2n) is 6.01. The Morgan fingerprint density at radius 2 is 2.05 bits per heavy atom. The number of nitrogens with two attached hydrogens (primary N) is 1. The molecule has 0 spiro atoms. The van der Waals surface area contributed by atoms with Crippen LogP contribution in [0.4, 0.5) is 5.69 Å². The van der Waals surface area contributed by atoms with Crippen LogP contribution in [0, 0.1) is 18.3 Å². The van der Waals surface area contributed by atoms with Gasteiger partial charge in [0, 0.05) is 19.2 Å². The molecule has 20 heavy (non-hydrogen) atoms. The van der Waals surface area contributed by atoms with Gasteiger partial charge in [0.15, 0.2) is 0 Å². The number of aryl methyl sites for hydroxylation is 1. The molecule has 1 saturated heterocycles. The molecule has 0 atom stereocenters. The standard InChI is InChI=1S/C16H26N4/c1-12-5-4-6-14(16(17)18)15(12)20(3)11-13-7-9-19(2)10-8-13/h4-6,13H,7-11H2,1-3H3,(H3,17,18). The van der Waals surface area contributed by atoms with Crippen molar-refractivity contribution in [1.82, 2.24) is 4.90 Å². The number of para-hydroxylation sites is 1. The van der Waals surface area contributed by atoms with E-state index in [4.69, 9.17) is 11.1 Å². The topological polar surface area (TPSA) is 56.4 Å². The van der Waals surface area contributed by atoms with Crippen LogP contribution in [0.2, 0.25) is 0 Å². The fraction of sp³-hybridized carbons (Fsp3) is 0.562. The summed E-state index contributed by atoms with van der Waals surface area (Å²) in [5, 5.41) is 7.76. The van der Waals surface area contributed by atoms with Crippen molar-refractivity contribution in [2.75, 3.05) is 38.6 Å². The van der Waals surface area contributed by atoms with Gasteiger partial charge in [0.1, 0.15) is 5.84 Å². The van der Waals surface area contributed by atoms with Crippen molar-refractivity contribution in [1.29, 1.82) is 5.41 Å². The van der Waals surface area contributed by atoms with E-state index >= 15 is 0 Å². The van der Waals surface area contributed by atoms with Crippen LogP contribution in [0.3, 0.4) is 0 Å². The van der Waals surface area contributed by atoms with Crippen molar-refractivity contribution in [3.05, 3.63) is 29.3 Å². The minimum Gasteiger partial charge on any atom is -0.384 e. The number of anilines is 1. The Morgan fingerprint density at radius 3 is 2.65 bits per heavy atom. The third-order valence-electron chi connectivity index (χ3n) is 4.28. The lowest BCUT2D eigenvalue weighted by molar-refractivity contribution is 0.222. The second kappa shape index (κ2) is 6.27. The van der Waals surface area contributed by atoms with Crippen LogP contribution in [0.5, 0.6) is 0 Å². The summed E-state index contributed by atoms with van der Waals surface area (Å²) in [5.41, 5.74) is 8.87. The van der Waals surface area contributed by atoms with Crippen molar-refractivity contribution >= 4 is 11.5 Å². The van der Waals surface area contributed by atoms with E-state index in [0.717, 1.165) is 23.7 Å². The number of amidine groups is 1. The summed E-state index contributed by atoms with van der Waals surface area (Å²) >= 11 is 0. The molecule has 2 rings (SSSR count). The highest BCUT2D eigenvalue weighted by atomic mass is 15.1. The van der Waals surface area contributed by atoms with Gasteiger partial charge in [-0.25, -0.2) is 0 Å². The average Bonchev–Trinajstić information content (AvgIpc) is 2.40. The predicted octanol–water partition coefficient (Wildman–Crippen LogP) is 2.06. The lowest BCUT2D eigenvalue weighted by Crippen LogP contribution is -2.36. The minimum atomic E-state index is 0.152. The first-order chi connectivity index (χ1) is 9.49. The highest BCUT2D eigenvalue weighted by molar-refractivity contribution is 6.01. The van der Waals surface area contributed by atoms with Gasteiger partial charge in [0.05, 0.1) is 5.69 Å².